The Morgan fingerprint density at radius 3 is 2.45 bits per heavy atom. The van der Waals surface area contributed by atoms with Crippen molar-refractivity contribution in [3.8, 4) is 0 Å². The van der Waals surface area contributed by atoms with Crippen LogP contribution in [0.25, 0.3) is 0 Å². The molecule has 0 saturated carbocycles. The second kappa shape index (κ2) is 11.0. The van der Waals surface area contributed by atoms with Gasteiger partial charge in [-0.3, -0.25) is 4.79 Å². The van der Waals surface area contributed by atoms with Crippen molar-refractivity contribution in [2.24, 2.45) is 0 Å². The summed E-state index contributed by atoms with van der Waals surface area (Å²) in [7, 11) is 1.35. The summed E-state index contributed by atoms with van der Waals surface area (Å²) in [4.78, 5) is 35.6. The molecule has 0 bridgehead atoms. The van der Waals surface area contributed by atoms with E-state index in [1.54, 1.807) is 26.8 Å². The molecule has 200 valence electrons. The third kappa shape index (κ3) is 5.51. The Balaban J connectivity index is 1.85. The average Bonchev–Trinajstić information content (AvgIpc) is 3.39. The van der Waals surface area contributed by atoms with Crippen molar-refractivity contribution >= 4 is 18.5 Å². The molecule has 0 aliphatic heterocycles. The molecule has 0 saturated heterocycles. The molecule has 1 heterocycles. The van der Waals surface area contributed by atoms with Crippen molar-refractivity contribution in [1.82, 2.24) is 25.9 Å². The molecule has 2 aromatic carbocycles. The van der Waals surface area contributed by atoms with Crippen molar-refractivity contribution in [3.05, 3.63) is 75.6 Å². The van der Waals surface area contributed by atoms with E-state index in [1.807, 2.05) is 30.3 Å². The first-order chi connectivity index (χ1) is 18.2. The van der Waals surface area contributed by atoms with Crippen LogP contribution in [0.1, 0.15) is 71.2 Å². The minimum absolute atomic E-state index is 0.144. The average molecular weight is 522 g/mol. The van der Waals surface area contributed by atoms with E-state index in [0.29, 0.717) is 37.1 Å². The van der Waals surface area contributed by atoms with E-state index in [9.17, 15) is 14.4 Å². The molecule has 38 heavy (non-hydrogen) atoms. The topological polar surface area (TPSA) is 145 Å². The van der Waals surface area contributed by atoms with Gasteiger partial charge >= 0.3 is 12.1 Å². The maximum atomic E-state index is 12.5. The first-order valence-corrected chi connectivity index (χ1v) is 12.3. The molecule has 4 rings (SSSR count). The van der Waals surface area contributed by atoms with E-state index in [4.69, 9.17) is 14.2 Å². The third-order valence-electron chi connectivity index (χ3n) is 6.49. The smallest absolute Gasteiger partial charge is 0.407 e. The maximum Gasteiger partial charge on any atom is 0.407 e. The standard InChI is InChI=1S/C27H31N5O6/c1-26(2,3)38-25(35)28-12-11-27(24-29-31-32-30-24)21-9-5-17(15-37-16-33)13-18(21)6-7-19-14-20(23(34)36-4)8-10-22(19)27/h5,8-10,13-14,16H,6-7,11-12,15H2,1-4H3,(H,28,35)(H,29,30,31,32). The number of fused-ring (bicyclic) bond motifs is 2. The zero-order chi connectivity index (χ0) is 27.3. The Morgan fingerprint density at radius 2 is 1.82 bits per heavy atom. The summed E-state index contributed by atoms with van der Waals surface area (Å²) < 4.78 is 15.4. The normalized spacial score (nSPS) is 16.4. The zero-order valence-corrected chi connectivity index (χ0v) is 21.9. The lowest BCUT2D eigenvalue weighted by atomic mass is 9.69. The number of aromatic nitrogens is 4. The molecule has 0 radical (unpaired) electrons. The number of alkyl carbamates (subject to hydrolysis) is 1. The molecule has 0 spiro atoms. The number of H-pyrrole nitrogens is 1. The molecule has 2 N–H and O–H groups in total. The Hall–Kier alpha value is -4.28. The quantitative estimate of drug-likeness (QED) is 0.259. The SMILES string of the molecule is COC(=O)c1ccc2c(c1)CCc1cc(COC=O)ccc1C2(CCNC(=O)OC(C)(C)C)c1nn[nH]n1. The summed E-state index contributed by atoms with van der Waals surface area (Å²) in [6.45, 7) is 6.21. The van der Waals surface area contributed by atoms with Gasteiger partial charge in [0.25, 0.3) is 6.47 Å². The second-order valence-corrected chi connectivity index (χ2v) is 10.1. The number of tetrazole rings is 1. The summed E-state index contributed by atoms with van der Waals surface area (Å²) in [5.74, 6) is -0.00443. The number of nitrogens with zero attached hydrogens (tertiary/aromatic N) is 3. The van der Waals surface area contributed by atoms with Crippen LogP contribution in [0.2, 0.25) is 0 Å². The number of carbonyl (C=O) groups is 3. The van der Waals surface area contributed by atoms with Gasteiger partial charge in [-0.2, -0.15) is 5.21 Å². The molecule has 1 aromatic heterocycles. The van der Waals surface area contributed by atoms with Crippen LogP contribution in [0.4, 0.5) is 4.79 Å². The number of esters is 1. The molecule has 0 fully saturated rings. The van der Waals surface area contributed by atoms with Crippen molar-refractivity contribution in [2.45, 2.75) is 57.7 Å². The summed E-state index contributed by atoms with van der Waals surface area (Å²) in [5, 5.41) is 18.1. The number of hydrogen-bond acceptors (Lipinski definition) is 9. The Kier molecular flexibility index (Phi) is 7.75. The monoisotopic (exact) mass is 521 g/mol. The van der Waals surface area contributed by atoms with Crippen LogP contribution in [-0.4, -0.2) is 58.4 Å². The Bertz CT molecular complexity index is 1320. The van der Waals surface area contributed by atoms with Crippen molar-refractivity contribution in [3.63, 3.8) is 0 Å². The number of aromatic amines is 1. The molecule has 1 aliphatic rings. The molecule has 1 atom stereocenters. The number of rotatable bonds is 8. The van der Waals surface area contributed by atoms with E-state index in [2.05, 4.69) is 25.9 Å². The van der Waals surface area contributed by atoms with E-state index in [0.717, 1.165) is 27.8 Å². The predicted molar refractivity (Wildman–Crippen MR) is 135 cm³/mol. The number of nitrogens with one attached hydrogen (secondary N) is 2. The first-order valence-electron chi connectivity index (χ1n) is 12.3. The number of benzene rings is 2. The number of hydrogen-bond donors (Lipinski definition) is 2. The number of ether oxygens (including phenoxy) is 3. The van der Waals surface area contributed by atoms with Crippen LogP contribution in [0.15, 0.2) is 36.4 Å². The maximum absolute atomic E-state index is 12.5. The highest BCUT2D eigenvalue weighted by atomic mass is 16.6. The second-order valence-electron chi connectivity index (χ2n) is 10.1. The number of carbonyl (C=O) groups excluding carboxylic acids is 3. The highest BCUT2D eigenvalue weighted by Crippen LogP contribution is 2.46. The highest BCUT2D eigenvalue weighted by Gasteiger charge is 2.44. The van der Waals surface area contributed by atoms with Crippen molar-refractivity contribution < 1.29 is 28.6 Å². The summed E-state index contributed by atoms with van der Waals surface area (Å²) >= 11 is 0. The Labute approximate surface area is 220 Å². The van der Waals surface area contributed by atoms with E-state index in [1.165, 1.54) is 7.11 Å². The van der Waals surface area contributed by atoms with Gasteiger partial charge < -0.3 is 19.5 Å². The summed E-state index contributed by atoms with van der Waals surface area (Å²) in [5.41, 5.74) is 3.49. The van der Waals surface area contributed by atoms with Gasteiger partial charge in [0.2, 0.25) is 0 Å². The molecular weight excluding hydrogens is 490 g/mol. The van der Waals surface area contributed by atoms with Crippen LogP contribution in [-0.2, 0) is 43.9 Å². The van der Waals surface area contributed by atoms with E-state index < -0.39 is 23.1 Å². The van der Waals surface area contributed by atoms with Gasteiger partial charge in [0, 0.05) is 6.54 Å². The fourth-order valence-electron chi connectivity index (χ4n) is 5.00. The van der Waals surface area contributed by atoms with Crippen LogP contribution >= 0.6 is 0 Å². The van der Waals surface area contributed by atoms with Gasteiger partial charge in [0.05, 0.1) is 18.1 Å². The van der Waals surface area contributed by atoms with Crippen LogP contribution in [0.3, 0.4) is 0 Å². The van der Waals surface area contributed by atoms with Gasteiger partial charge in [-0.25, -0.2) is 9.59 Å². The van der Waals surface area contributed by atoms with E-state index in [-0.39, 0.29) is 13.2 Å². The molecule has 11 nitrogen and oxygen atoms in total. The fourth-order valence-corrected chi connectivity index (χ4v) is 5.00. The molecule has 3 aromatic rings. The number of amides is 1. The minimum Gasteiger partial charge on any atom is -0.465 e. The van der Waals surface area contributed by atoms with Crippen molar-refractivity contribution in [2.75, 3.05) is 13.7 Å². The zero-order valence-electron chi connectivity index (χ0n) is 21.9. The molecular formula is C27H31N5O6. The fraction of sp³-hybridized carbons (Fsp3) is 0.407. The van der Waals surface area contributed by atoms with Crippen LogP contribution in [0.5, 0.6) is 0 Å². The Morgan fingerprint density at radius 1 is 1.11 bits per heavy atom. The van der Waals surface area contributed by atoms with Crippen LogP contribution in [0, 0.1) is 0 Å². The molecule has 1 aliphatic carbocycles. The lowest BCUT2D eigenvalue weighted by Gasteiger charge is -2.34. The predicted octanol–water partition coefficient (Wildman–Crippen LogP) is 3.01. The third-order valence-corrected chi connectivity index (χ3v) is 6.49. The van der Waals surface area contributed by atoms with Gasteiger partial charge in [0.15, 0.2) is 5.82 Å². The van der Waals surface area contributed by atoms with E-state index >= 15 is 0 Å². The van der Waals surface area contributed by atoms with Gasteiger partial charge in [-0.05, 0) is 80.0 Å². The summed E-state index contributed by atoms with van der Waals surface area (Å²) in [6, 6.07) is 11.3. The molecule has 1 amide bonds. The van der Waals surface area contributed by atoms with Crippen molar-refractivity contribution in [1.29, 1.82) is 0 Å². The van der Waals surface area contributed by atoms with Gasteiger partial charge in [0.1, 0.15) is 12.2 Å². The molecule has 11 heteroatoms. The minimum atomic E-state index is -0.915. The van der Waals surface area contributed by atoms with Gasteiger partial charge in [-0.15, -0.1) is 10.2 Å². The first kappa shape index (κ1) is 26.8. The molecule has 1 unspecified atom stereocenters. The lowest BCUT2D eigenvalue weighted by Crippen LogP contribution is -2.39. The lowest BCUT2D eigenvalue weighted by molar-refractivity contribution is -0.129. The number of aryl methyl sites for hydroxylation is 2. The van der Waals surface area contributed by atoms with Crippen LogP contribution < -0.4 is 5.32 Å². The summed E-state index contributed by atoms with van der Waals surface area (Å²) in [6.07, 6.45) is 1.14. The number of methoxy groups -OCH3 is 1. The largest absolute Gasteiger partial charge is 0.465 e. The highest BCUT2D eigenvalue weighted by molar-refractivity contribution is 5.89. The van der Waals surface area contributed by atoms with Gasteiger partial charge in [-0.1, -0.05) is 29.5 Å².